The van der Waals surface area contributed by atoms with Gasteiger partial charge in [0.15, 0.2) is 5.65 Å². The molecule has 1 saturated heterocycles. The predicted octanol–water partition coefficient (Wildman–Crippen LogP) is 4.82. The Bertz CT molecular complexity index is 1750. The van der Waals surface area contributed by atoms with Crippen molar-refractivity contribution in [2.24, 2.45) is 0 Å². The minimum atomic E-state index is 0.409. The highest BCUT2D eigenvalue weighted by atomic mass is 15.3. The van der Waals surface area contributed by atoms with Gasteiger partial charge in [-0.25, -0.2) is 19.6 Å². The Balaban J connectivity index is 1.39. The summed E-state index contributed by atoms with van der Waals surface area (Å²) in [7, 11) is 0. The lowest BCUT2D eigenvalue weighted by Gasteiger charge is -2.19. The van der Waals surface area contributed by atoms with Gasteiger partial charge in [0.05, 0.1) is 23.0 Å². The van der Waals surface area contributed by atoms with Gasteiger partial charge in [0, 0.05) is 35.6 Å². The van der Waals surface area contributed by atoms with Crippen LogP contribution in [0.1, 0.15) is 18.4 Å². The molecule has 5 heterocycles. The van der Waals surface area contributed by atoms with Gasteiger partial charge < -0.3 is 10.6 Å². The number of pyridine rings is 2. The zero-order valence-corrected chi connectivity index (χ0v) is 19.7. The molecule has 1 fully saturated rings. The molecule has 4 aromatic heterocycles. The van der Waals surface area contributed by atoms with Gasteiger partial charge in [-0.15, -0.1) is 0 Å². The molecule has 2 aromatic carbocycles. The third kappa shape index (κ3) is 3.41. The second kappa shape index (κ2) is 8.27. The molecular weight excluding hydrogens is 448 g/mol. The Morgan fingerprint density at radius 1 is 0.861 bits per heavy atom. The minimum Gasteiger partial charge on any atom is -0.383 e. The Morgan fingerprint density at radius 3 is 2.56 bits per heavy atom. The maximum absolute atomic E-state index is 6.37. The number of nitrogens with two attached hydrogens (primary N) is 1. The number of para-hydroxylation sites is 2. The third-order valence-electron chi connectivity index (χ3n) is 6.96. The van der Waals surface area contributed by atoms with Crippen LogP contribution in [0.4, 0.5) is 11.6 Å². The van der Waals surface area contributed by atoms with E-state index in [0.29, 0.717) is 18.0 Å². The van der Waals surface area contributed by atoms with E-state index in [4.69, 9.17) is 15.8 Å². The van der Waals surface area contributed by atoms with Crippen LogP contribution in [0, 0.1) is 0 Å². The highest BCUT2D eigenvalue weighted by Gasteiger charge is 2.20. The van der Waals surface area contributed by atoms with E-state index in [0.717, 1.165) is 62.9 Å². The van der Waals surface area contributed by atoms with Crippen LogP contribution in [0.5, 0.6) is 0 Å². The fraction of sp³-hybridized carbons (Fsp3) is 0.179. The molecule has 2 N–H and O–H groups in total. The van der Waals surface area contributed by atoms with Gasteiger partial charge >= 0.3 is 0 Å². The summed E-state index contributed by atoms with van der Waals surface area (Å²) >= 11 is 0. The monoisotopic (exact) mass is 472 g/mol. The fourth-order valence-corrected chi connectivity index (χ4v) is 5.18. The predicted molar refractivity (Wildman–Crippen MR) is 143 cm³/mol. The molecule has 6 aromatic rings. The molecule has 0 amide bonds. The Labute approximate surface area is 207 Å². The first kappa shape index (κ1) is 20.8. The number of nitrogens with zero attached hydrogens (tertiary/aromatic N) is 7. The maximum atomic E-state index is 6.37. The molecule has 36 heavy (non-hydrogen) atoms. The first-order chi connectivity index (χ1) is 17.7. The van der Waals surface area contributed by atoms with Gasteiger partial charge in [-0.3, -0.25) is 4.98 Å². The number of nitrogen functional groups attached to an aromatic ring is 1. The zero-order valence-electron chi connectivity index (χ0n) is 19.7. The largest absolute Gasteiger partial charge is 0.383 e. The van der Waals surface area contributed by atoms with Crippen molar-refractivity contribution in [3.05, 3.63) is 78.8 Å². The van der Waals surface area contributed by atoms with Crippen molar-refractivity contribution in [3.8, 4) is 11.3 Å². The van der Waals surface area contributed by atoms with Gasteiger partial charge in [0.1, 0.15) is 23.7 Å². The van der Waals surface area contributed by atoms with Crippen molar-refractivity contribution in [2.45, 2.75) is 19.4 Å². The Hall–Kier alpha value is -4.59. The second-order valence-electron chi connectivity index (χ2n) is 9.23. The van der Waals surface area contributed by atoms with E-state index >= 15 is 0 Å². The van der Waals surface area contributed by atoms with Crippen LogP contribution in [0.25, 0.3) is 44.1 Å². The average Bonchev–Trinajstić information content (AvgIpc) is 3.58. The maximum Gasteiger partial charge on any atom is 0.164 e. The molecule has 0 atom stereocenters. The van der Waals surface area contributed by atoms with Crippen molar-refractivity contribution in [1.29, 1.82) is 0 Å². The van der Waals surface area contributed by atoms with E-state index < -0.39 is 0 Å². The van der Waals surface area contributed by atoms with Crippen LogP contribution in [0.3, 0.4) is 0 Å². The lowest BCUT2D eigenvalue weighted by Crippen LogP contribution is -2.19. The number of hydrogen-bond acceptors (Lipinski definition) is 7. The van der Waals surface area contributed by atoms with E-state index in [-0.39, 0.29) is 0 Å². The van der Waals surface area contributed by atoms with E-state index in [9.17, 15) is 0 Å². The molecule has 0 saturated carbocycles. The summed E-state index contributed by atoms with van der Waals surface area (Å²) in [6, 6.07) is 20.6. The summed E-state index contributed by atoms with van der Waals surface area (Å²) in [5.41, 5.74) is 11.8. The Morgan fingerprint density at radius 2 is 1.67 bits per heavy atom. The van der Waals surface area contributed by atoms with Gasteiger partial charge in [-0.1, -0.05) is 36.4 Å². The van der Waals surface area contributed by atoms with E-state index in [1.54, 1.807) is 0 Å². The van der Waals surface area contributed by atoms with E-state index in [1.165, 1.54) is 19.2 Å². The van der Waals surface area contributed by atoms with Crippen LogP contribution in [0.15, 0.2) is 73.2 Å². The van der Waals surface area contributed by atoms with Crippen LogP contribution in [-0.4, -0.2) is 42.8 Å². The van der Waals surface area contributed by atoms with Crippen LogP contribution in [-0.2, 0) is 6.54 Å². The van der Waals surface area contributed by atoms with Crippen molar-refractivity contribution in [3.63, 3.8) is 0 Å². The average molecular weight is 473 g/mol. The molecule has 1 aliphatic heterocycles. The molecule has 0 unspecified atom stereocenters. The lowest BCUT2D eigenvalue weighted by molar-refractivity contribution is 0.709. The summed E-state index contributed by atoms with van der Waals surface area (Å²) in [4.78, 5) is 20.8. The first-order valence-electron chi connectivity index (χ1n) is 12.2. The van der Waals surface area contributed by atoms with Crippen molar-refractivity contribution in [1.82, 2.24) is 29.7 Å². The third-order valence-corrected chi connectivity index (χ3v) is 6.96. The van der Waals surface area contributed by atoms with Gasteiger partial charge in [-0.2, -0.15) is 5.10 Å². The lowest BCUT2D eigenvalue weighted by atomic mass is 10.1. The van der Waals surface area contributed by atoms with Crippen LogP contribution < -0.4 is 10.6 Å². The van der Waals surface area contributed by atoms with E-state index in [1.807, 2.05) is 41.2 Å². The van der Waals surface area contributed by atoms with Crippen molar-refractivity contribution in [2.75, 3.05) is 23.7 Å². The summed E-state index contributed by atoms with van der Waals surface area (Å²) in [5, 5.41) is 7.92. The summed E-state index contributed by atoms with van der Waals surface area (Å²) < 4.78 is 1.92. The molecule has 176 valence electrons. The molecule has 0 bridgehead atoms. The van der Waals surface area contributed by atoms with Crippen LogP contribution >= 0.6 is 0 Å². The summed E-state index contributed by atoms with van der Waals surface area (Å²) in [6.07, 6.45) is 5.74. The number of rotatable bonds is 4. The zero-order chi connectivity index (χ0) is 24.1. The van der Waals surface area contributed by atoms with Crippen molar-refractivity contribution < 1.29 is 0 Å². The molecular formula is C28H24N8. The number of benzene rings is 2. The SMILES string of the molecule is Nc1ncnc2c1c(-c1cnc3ccccc3c1)nn2Cc1cc(N2CCCC2)nc2ccccc12. The molecule has 0 spiro atoms. The molecule has 0 radical (unpaired) electrons. The highest BCUT2D eigenvalue weighted by Crippen LogP contribution is 2.33. The van der Waals surface area contributed by atoms with Gasteiger partial charge in [0.25, 0.3) is 0 Å². The smallest absolute Gasteiger partial charge is 0.164 e. The fourth-order valence-electron chi connectivity index (χ4n) is 5.18. The minimum absolute atomic E-state index is 0.409. The van der Waals surface area contributed by atoms with Crippen LogP contribution in [0.2, 0.25) is 0 Å². The molecule has 8 heteroatoms. The molecule has 7 rings (SSSR count). The summed E-state index contributed by atoms with van der Waals surface area (Å²) in [6.45, 7) is 2.62. The number of fused-ring (bicyclic) bond motifs is 3. The Kier molecular flexibility index (Phi) is 4.77. The quantitative estimate of drug-likeness (QED) is 0.393. The normalized spacial score (nSPS) is 13.8. The molecule has 1 aliphatic rings. The second-order valence-corrected chi connectivity index (χ2v) is 9.23. The summed E-state index contributed by atoms with van der Waals surface area (Å²) in [5.74, 6) is 1.43. The van der Waals surface area contributed by atoms with Crippen molar-refractivity contribution >= 4 is 44.5 Å². The van der Waals surface area contributed by atoms with Gasteiger partial charge in [0.2, 0.25) is 0 Å². The first-order valence-corrected chi connectivity index (χ1v) is 12.2. The topological polar surface area (TPSA) is 98.6 Å². The number of anilines is 2. The highest BCUT2D eigenvalue weighted by molar-refractivity contribution is 5.99. The molecule has 0 aliphatic carbocycles. The molecule has 8 nitrogen and oxygen atoms in total. The van der Waals surface area contributed by atoms with E-state index in [2.05, 4.69) is 50.2 Å². The standard InChI is InChI=1S/C28H24N8/c29-27-25-26(19-13-18-7-1-3-9-22(18)30-15-19)34-36(28(25)32-17-31-27)16-20-14-24(35-11-5-6-12-35)33-23-10-4-2-8-21(20)23/h1-4,7-10,13-15,17H,5-6,11-12,16H2,(H2,29,31,32). The van der Waals surface area contributed by atoms with Gasteiger partial charge in [-0.05, 0) is 42.7 Å². The number of hydrogen-bond donors (Lipinski definition) is 1. The number of aromatic nitrogens is 6.